The van der Waals surface area contributed by atoms with Crippen LogP contribution in [0.4, 0.5) is 0 Å². The van der Waals surface area contributed by atoms with Crippen LogP contribution in [0.1, 0.15) is 38.4 Å². The molecule has 3 aromatic heterocycles. The number of aromatic nitrogens is 5. The van der Waals surface area contributed by atoms with Crippen molar-refractivity contribution in [3.05, 3.63) is 126 Å². The number of rotatable bonds is 4. The lowest BCUT2D eigenvalue weighted by Crippen LogP contribution is -2.41. The van der Waals surface area contributed by atoms with Crippen LogP contribution in [-0.2, 0) is 19.4 Å². The molecule has 0 radical (unpaired) electrons. The smallest absolute Gasteiger partial charge is 0.261 e. The number of aromatic amines is 1. The van der Waals surface area contributed by atoms with Crippen LogP contribution in [0.5, 0.6) is 0 Å². The van der Waals surface area contributed by atoms with Gasteiger partial charge in [-0.1, -0.05) is 41.9 Å². The van der Waals surface area contributed by atoms with Gasteiger partial charge >= 0.3 is 0 Å². The molecule has 7 rings (SSSR count). The van der Waals surface area contributed by atoms with Crippen LogP contribution < -0.4 is 5.56 Å². The summed E-state index contributed by atoms with van der Waals surface area (Å²) in [4.78, 5) is 29.5. The number of H-pyrrole nitrogens is 1. The summed E-state index contributed by atoms with van der Waals surface area (Å²) in [5.74, 6) is -0.140. The van der Waals surface area contributed by atoms with Crippen molar-refractivity contribution in [3.8, 4) is 5.69 Å². The highest BCUT2D eigenvalue weighted by molar-refractivity contribution is 9.10. The van der Waals surface area contributed by atoms with Crippen molar-refractivity contribution in [2.24, 2.45) is 0 Å². The maximum Gasteiger partial charge on any atom is 0.261 e. The fraction of sp³-hybridized carbons (Fsp3) is 0.161. The Morgan fingerprint density at radius 1 is 1.10 bits per heavy atom. The van der Waals surface area contributed by atoms with E-state index in [2.05, 4.69) is 38.3 Å². The number of nitrogens with zero attached hydrogens (tertiary/aromatic N) is 5. The topological polar surface area (TPSA) is 88.3 Å². The lowest BCUT2D eigenvalue weighted by molar-refractivity contribution is 0.0729. The number of fused-ring (bicyclic) bond motifs is 4. The van der Waals surface area contributed by atoms with Gasteiger partial charge in [-0.25, -0.2) is 4.52 Å². The van der Waals surface area contributed by atoms with E-state index in [0.29, 0.717) is 41.2 Å². The van der Waals surface area contributed by atoms with E-state index in [9.17, 15) is 9.59 Å². The molecule has 0 spiro atoms. The van der Waals surface area contributed by atoms with Crippen molar-refractivity contribution in [1.29, 1.82) is 0 Å². The molecule has 1 N–H and O–H groups in total. The number of amides is 1. The number of carbonyl (C=O) groups excluding carboxylic acids is 1. The summed E-state index contributed by atoms with van der Waals surface area (Å²) in [7, 11) is 0. The lowest BCUT2D eigenvalue weighted by atomic mass is 10.0. The number of nitrogens with one attached hydrogen (secondary N) is 1. The zero-order valence-corrected chi connectivity index (χ0v) is 24.4. The summed E-state index contributed by atoms with van der Waals surface area (Å²) >= 11 is 9.66. The fourth-order valence-electron chi connectivity index (χ4n) is 5.65. The van der Waals surface area contributed by atoms with Crippen molar-refractivity contribution in [1.82, 2.24) is 29.3 Å². The summed E-state index contributed by atoms with van der Waals surface area (Å²) in [5.41, 5.74) is 6.97. The number of hydrogen-bond acceptors (Lipinski definition) is 4. The average molecular weight is 628 g/mol. The molecule has 0 bridgehead atoms. The molecule has 1 aliphatic rings. The largest absolute Gasteiger partial charge is 0.332 e. The van der Waals surface area contributed by atoms with Gasteiger partial charge in [0.1, 0.15) is 5.65 Å². The van der Waals surface area contributed by atoms with Crippen LogP contribution in [0.15, 0.2) is 82.2 Å². The third-order valence-corrected chi connectivity index (χ3v) is 8.98. The van der Waals surface area contributed by atoms with Gasteiger partial charge in [-0.3, -0.25) is 19.3 Å². The zero-order chi connectivity index (χ0) is 28.2. The van der Waals surface area contributed by atoms with Gasteiger partial charge < -0.3 is 4.90 Å². The van der Waals surface area contributed by atoms with Crippen LogP contribution in [0.3, 0.4) is 0 Å². The number of carbonyl (C=O) groups is 1. The van der Waals surface area contributed by atoms with E-state index in [1.165, 1.54) is 0 Å². The summed E-state index contributed by atoms with van der Waals surface area (Å²) in [6.45, 7) is 2.65. The number of benzene rings is 3. The fourth-order valence-corrected chi connectivity index (χ4v) is 6.08. The second-order valence-electron chi connectivity index (χ2n) is 10.3. The van der Waals surface area contributed by atoms with Gasteiger partial charge in [-0.2, -0.15) is 10.2 Å². The molecular formula is C31H24BrClN6O2. The Labute approximate surface area is 248 Å². The van der Waals surface area contributed by atoms with E-state index in [4.69, 9.17) is 16.7 Å². The first-order valence-electron chi connectivity index (χ1n) is 13.3. The molecule has 6 aromatic rings. The molecule has 1 aliphatic heterocycles. The van der Waals surface area contributed by atoms with E-state index in [-0.39, 0.29) is 18.0 Å². The molecule has 0 atom stereocenters. The third kappa shape index (κ3) is 4.36. The van der Waals surface area contributed by atoms with Gasteiger partial charge in [0.2, 0.25) is 0 Å². The molecule has 1 amide bonds. The molecule has 0 aliphatic carbocycles. The second kappa shape index (κ2) is 10.0. The normalized spacial score (nSPS) is 13.2. The molecule has 0 fully saturated rings. The van der Waals surface area contributed by atoms with E-state index >= 15 is 0 Å². The molecule has 4 heterocycles. The first-order valence-corrected chi connectivity index (χ1v) is 14.4. The molecule has 0 saturated heterocycles. The Bertz CT molecular complexity index is 2050. The molecule has 0 unspecified atom stereocenters. The quantitative estimate of drug-likeness (QED) is 0.265. The highest BCUT2D eigenvalue weighted by Gasteiger charge is 2.29. The summed E-state index contributed by atoms with van der Waals surface area (Å²) in [6, 6.07) is 21.2. The Kier molecular flexibility index (Phi) is 6.28. The Morgan fingerprint density at radius 3 is 2.73 bits per heavy atom. The molecule has 3 aromatic carbocycles. The van der Waals surface area contributed by atoms with E-state index < -0.39 is 0 Å². The molecule has 8 nitrogen and oxygen atoms in total. The van der Waals surface area contributed by atoms with Gasteiger partial charge in [-0.05, 0) is 71.2 Å². The zero-order valence-electron chi connectivity index (χ0n) is 22.1. The maximum absolute atomic E-state index is 14.3. The lowest BCUT2D eigenvalue weighted by Gasteiger charge is -2.29. The van der Waals surface area contributed by atoms with E-state index in [0.717, 1.165) is 43.6 Å². The third-order valence-electron chi connectivity index (χ3n) is 7.75. The van der Waals surface area contributed by atoms with Crippen molar-refractivity contribution >= 4 is 50.0 Å². The molecule has 204 valence electrons. The van der Waals surface area contributed by atoms with Crippen LogP contribution in [-0.4, -0.2) is 41.7 Å². The molecular weight excluding hydrogens is 604 g/mol. The SMILES string of the molecule is Cc1[nH]nc2cc(-n3c(=O)c4c(n5ncc(Cc6ccccc6)c35)CN(C(=O)c3ccc(Br)c(Cl)c3)CC4)ccc12. The Hall–Kier alpha value is -4.21. The van der Waals surface area contributed by atoms with Crippen LogP contribution in [0.25, 0.3) is 22.2 Å². The van der Waals surface area contributed by atoms with Gasteiger partial charge in [0, 0.05) is 45.2 Å². The molecule has 41 heavy (non-hydrogen) atoms. The monoisotopic (exact) mass is 626 g/mol. The first-order chi connectivity index (χ1) is 19.9. The predicted octanol–water partition coefficient (Wildman–Crippen LogP) is 5.88. The highest BCUT2D eigenvalue weighted by atomic mass is 79.9. The van der Waals surface area contributed by atoms with Crippen molar-refractivity contribution < 1.29 is 4.79 Å². The first kappa shape index (κ1) is 25.7. The summed E-state index contributed by atoms with van der Waals surface area (Å²) < 4.78 is 4.32. The standard InChI is InChI=1S/C31H24BrClN6O2/c1-18-23-9-8-22(15-27(23)36-35-18)38-29-21(13-19-5-3-2-4-6-19)16-34-39(29)28-17-37(12-11-24(28)31(38)41)30(40)20-7-10-25(32)26(33)14-20/h2-10,14-16H,11-13,17H2,1H3,(H,35,36). The van der Waals surface area contributed by atoms with Gasteiger partial charge in [0.25, 0.3) is 11.5 Å². The number of aryl methyl sites for hydroxylation is 1. The number of halogens is 2. The van der Waals surface area contributed by atoms with E-state index in [1.807, 2.05) is 54.0 Å². The average Bonchev–Trinajstić information content (AvgIpc) is 3.57. The van der Waals surface area contributed by atoms with Crippen molar-refractivity contribution in [3.63, 3.8) is 0 Å². The maximum atomic E-state index is 14.3. The second-order valence-corrected chi connectivity index (χ2v) is 11.6. The van der Waals surface area contributed by atoms with Crippen LogP contribution in [0, 0.1) is 6.92 Å². The van der Waals surface area contributed by atoms with Crippen LogP contribution >= 0.6 is 27.5 Å². The minimum Gasteiger partial charge on any atom is -0.332 e. The minimum absolute atomic E-state index is 0.104. The molecule has 0 saturated carbocycles. The van der Waals surface area contributed by atoms with Gasteiger partial charge in [-0.15, -0.1) is 0 Å². The number of hydrogen-bond donors (Lipinski definition) is 1. The van der Waals surface area contributed by atoms with E-state index in [1.54, 1.807) is 27.7 Å². The van der Waals surface area contributed by atoms with Gasteiger partial charge in [0.05, 0.1) is 34.7 Å². The summed E-state index contributed by atoms with van der Waals surface area (Å²) in [6.07, 6.45) is 2.84. The van der Waals surface area contributed by atoms with Gasteiger partial charge in [0.15, 0.2) is 0 Å². The van der Waals surface area contributed by atoms with Crippen LogP contribution in [0.2, 0.25) is 5.02 Å². The van der Waals surface area contributed by atoms with Crippen molar-refractivity contribution in [2.75, 3.05) is 6.54 Å². The molecule has 10 heteroatoms. The Morgan fingerprint density at radius 2 is 1.93 bits per heavy atom. The predicted molar refractivity (Wildman–Crippen MR) is 162 cm³/mol. The minimum atomic E-state index is -0.140. The van der Waals surface area contributed by atoms with Crippen molar-refractivity contribution in [2.45, 2.75) is 26.3 Å². The summed E-state index contributed by atoms with van der Waals surface area (Å²) in [5, 5.41) is 13.7. The highest BCUT2D eigenvalue weighted by Crippen LogP contribution is 2.28. The Balaban J connectivity index is 1.39.